The van der Waals surface area contributed by atoms with E-state index in [9.17, 15) is 9.59 Å². The van der Waals surface area contributed by atoms with Gasteiger partial charge in [-0.1, -0.05) is 24.3 Å². The Hall–Kier alpha value is -2.14. The van der Waals surface area contributed by atoms with E-state index >= 15 is 0 Å². The number of carbonyl (C=O) groups is 2. The van der Waals surface area contributed by atoms with Gasteiger partial charge < -0.3 is 14.8 Å². The molecule has 5 heteroatoms. The van der Waals surface area contributed by atoms with Gasteiger partial charge in [-0.05, 0) is 37.8 Å². The van der Waals surface area contributed by atoms with Crippen LogP contribution < -0.4 is 5.32 Å². The highest BCUT2D eigenvalue weighted by Crippen LogP contribution is 2.35. The molecule has 0 spiro atoms. The number of aryl methyl sites for hydroxylation is 1. The molecule has 0 radical (unpaired) electrons. The molecule has 3 rings (SSSR count). The fraction of sp³-hybridized carbons (Fsp3) is 0.474. The smallest absolute Gasteiger partial charge is 0.336 e. The Morgan fingerprint density at radius 3 is 2.83 bits per heavy atom. The average Bonchev–Trinajstić information content (AvgIpc) is 3.06. The maximum Gasteiger partial charge on any atom is 0.336 e. The predicted octanol–water partition coefficient (Wildman–Crippen LogP) is 2.59. The van der Waals surface area contributed by atoms with Crippen molar-refractivity contribution in [1.82, 2.24) is 5.32 Å². The lowest BCUT2D eigenvalue weighted by Crippen LogP contribution is -2.35. The van der Waals surface area contributed by atoms with Gasteiger partial charge >= 0.3 is 5.97 Å². The highest BCUT2D eigenvalue weighted by Gasteiger charge is 2.33. The molecule has 0 saturated carbocycles. The van der Waals surface area contributed by atoms with Crippen molar-refractivity contribution in [2.45, 2.75) is 45.1 Å². The van der Waals surface area contributed by atoms with Crippen molar-refractivity contribution in [2.75, 3.05) is 13.2 Å². The van der Waals surface area contributed by atoms with Gasteiger partial charge in [0.2, 0.25) is 5.91 Å². The molecular weight excluding hydrogens is 306 g/mol. The van der Waals surface area contributed by atoms with E-state index in [1.807, 2.05) is 31.2 Å². The summed E-state index contributed by atoms with van der Waals surface area (Å²) in [5.74, 6) is -0.704. The Kier molecular flexibility index (Phi) is 5.00. The molecule has 5 nitrogen and oxygen atoms in total. The van der Waals surface area contributed by atoms with Gasteiger partial charge in [0, 0.05) is 24.6 Å². The molecule has 2 unspecified atom stereocenters. The first-order valence-electron chi connectivity index (χ1n) is 8.41. The Morgan fingerprint density at radius 1 is 1.33 bits per heavy atom. The van der Waals surface area contributed by atoms with Crippen LogP contribution in [-0.4, -0.2) is 31.2 Å². The number of benzene rings is 1. The number of hydrogen-bond acceptors (Lipinski definition) is 4. The largest absolute Gasteiger partial charge is 0.460 e. The molecule has 1 saturated heterocycles. The van der Waals surface area contributed by atoms with Crippen molar-refractivity contribution < 1.29 is 19.1 Å². The number of nitrogens with one attached hydrogen (secondary N) is 1. The minimum Gasteiger partial charge on any atom is -0.460 e. The summed E-state index contributed by atoms with van der Waals surface area (Å²) in [6, 6.07) is 7.85. The third-order valence-electron chi connectivity index (χ3n) is 4.68. The van der Waals surface area contributed by atoms with Gasteiger partial charge in [-0.15, -0.1) is 0 Å². The minimum absolute atomic E-state index is 0.00931. The summed E-state index contributed by atoms with van der Waals surface area (Å²) < 4.78 is 11.0. The molecule has 1 aromatic carbocycles. The van der Waals surface area contributed by atoms with Crippen LogP contribution in [0.4, 0.5) is 0 Å². The second-order valence-corrected chi connectivity index (χ2v) is 6.43. The summed E-state index contributed by atoms with van der Waals surface area (Å²) >= 11 is 0. The summed E-state index contributed by atoms with van der Waals surface area (Å²) in [6.45, 7) is 4.74. The van der Waals surface area contributed by atoms with Crippen LogP contribution in [0.2, 0.25) is 0 Å². The minimum atomic E-state index is -0.365. The summed E-state index contributed by atoms with van der Waals surface area (Å²) in [7, 11) is 0. The summed E-state index contributed by atoms with van der Waals surface area (Å²) in [5.41, 5.74) is 3.18. The highest BCUT2D eigenvalue weighted by atomic mass is 16.6. The van der Waals surface area contributed by atoms with Gasteiger partial charge in [0.25, 0.3) is 0 Å². The van der Waals surface area contributed by atoms with Gasteiger partial charge in [-0.2, -0.15) is 0 Å². The number of hydrogen-bond donors (Lipinski definition) is 1. The van der Waals surface area contributed by atoms with E-state index in [0.717, 1.165) is 30.6 Å². The molecule has 0 aromatic heterocycles. The fourth-order valence-corrected chi connectivity index (χ4v) is 3.44. The zero-order chi connectivity index (χ0) is 17.1. The molecule has 1 amide bonds. The number of allylic oxidation sites excluding steroid dienone is 1. The van der Waals surface area contributed by atoms with Crippen molar-refractivity contribution >= 4 is 11.9 Å². The topological polar surface area (TPSA) is 64.6 Å². The van der Waals surface area contributed by atoms with Crippen LogP contribution in [0.5, 0.6) is 0 Å². The van der Waals surface area contributed by atoms with Crippen LogP contribution in [-0.2, 0) is 19.1 Å². The van der Waals surface area contributed by atoms with Gasteiger partial charge in [0.15, 0.2) is 0 Å². The molecule has 2 heterocycles. The van der Waals surface area contributed by atoms with Crippen LogP contribution in [0.1, 0.15) is 43.2 Å². The standard InChI is InChI=1S/C19H23NO4/c1-12-6-3-4-8-15(12)16-10-17(21)20-13(2)18(16)19(22)24-11-14-7-5-9-23-14/h3-4,6,8,14,16H,5,7,9-11H2,1-2H3,(H,20,21). The Balaban J connectivity index is 1.83. The van der Waals surface area contributed by atoms with E-state index in [1.165, 1.54) is 0 Å². The zero-order valence-corrected chi connectivity index (χ0v) is 14.1. The highest BCUT2D eigenvalue weighted by molar-refractivity contribution is 5.95. The number of rotatable bonds is 4. The van der Waals surface area contributed by atoms with Crippen LogP contribution in [0, 0.1) is 6.92 Å². The Bertz CT molecular complexity index is 674. The van der Waals surface area contributed by atoms with Crippen LogP contribution in [0.15, 0.2) is 35.5 Å². The summed E-state index contributed by atoms with van der Waals surface area (Å²) in [4.78, 5) is 24.7. The average molecular weight is 329 g/mol. The normalized spacial score (nSPS) is 24.0. The van der Waals surface area contributed by atoms with E-state index in [-0.39, 0.29) is 36.9 Å². The maximum absolute atomic E-state index is 12.7. The first-order chi connectivity index (χ1) is 11.6. The predicted molar refractivity (Wildman–Crippen MR) is 89.3 cm³/mol. The van der Waals surface area contributed by atoms with Crippen molar-refractivity contribution in [3.8, 4) is 0 Å². The van der Waals surface area contributed by atoms with Crippen LogP contribution >= 0.6 is 0 Å². The lowest BCUT2D eigenvalue weighted by Gasteiger charge is -2.27. The first-order valence-corrected chi connectivity index (χ1v) is 8.41. The van der Waals surface area contributed by atoms with Gasteiger partial charge in [-0.25, -0.2) is 4.79 Å². The second-order valence-electron chi connectivity index (χ2n) is 6.43. The van der Waals surface area contributed by atoms with E-state index < -0.39 is 0 Å². The fourth-order valence-electron chi connectivity index (χ4n) is 3.44. The lowest BCUT2D eigenvalue weighted by molar-refractivity contribution is -0.142. The molecule has 0 aliphatic carbocycles. The van der Waals surface area contributed by atoms with Crippen LogP contribution in [0.25, 0.3) is 0 Å². The van der Waals surface area contributed by atoms with Crippen LogP contribution in [0.3, 0.4) is 0 Å². The van der Waals surface area contributed by atoms with Crippen molar-refractivity contribution in [3.05, 3.63) is 46.7 Å². The molecule has 2 atom stereocenters. The molecule has 1 fully saturated rings. The van der Waals surface area contributed by atoms with E-state index in [0.29, 0.717) is 11.3 Å². The quantitative estimate of drug-likeness (QED) is 0.863. The van der Waals surface area contributed by atoms with E-state index in [2.05, 4.69) is 5.32 Å². The van der Waals surface area contributed by atoms with E-state index in [4.69, 9.17) is 9.47 Å². The number of esters is 1. The summed E-state index contributed by atoms with van der Waals surface area (Å²) in [6.07, 6.45) is 2.17. The first kappa shape index (κ1) is 16.7. The molecule has 24 heavy (non-hydrogen) atoms. The second kappa shape index (κ2) is 7.18. The van der Waals surface area contributed by atoms with Gasteiger partial charge in [0.05, 0.1) is 11.7 Å². The molecular formula is C19H23NO4. The number of amides is 1. The van der Waals surface area contributed by atoms with Crippen molar-refractivity contribution in [1.29, 1.82) is 0 Å². The van der Waals surface area contributed by atoms with Gasteiger partial charge in [-0.3, -0.25) is 4.79 Å². The van der Waals surface area contributed by atoms with Crippen molar-refractivity contribution in [2.24, 2.45) is 0 Å². The maximum atomic E-state index is 12.7. The number of ether oxygens (including phenoxy) is 2. The number of carbonyl (C=O) groups excluding carboxylic acids is 2. The third-order valence-corrected chi connectivity index (χ3v) is 4.68. The molecule has 1 aromatic rings. The van der Waals surface area contributed by atoms with Crippen molar-refractivity contribution in [3.63, 3.8) is 0 Å². The lowest BCUT2D eigenvalue weighted by atomic mass is 9.82. The monoisotopic (exact) mass is 329 g/mol. The third kappa shape index (κ3) is 3.51. The Labute approximate surface area is 142 Å². The molecule has 2 aliphatic heterocycles. The van der Waals surface area contributed by atoms with E-state index in [1.54, 1.807) is 6.92 Å². The molecule has 0 bridgehead atoms. The molecule has 2 aliphatic rings. The Morgan fingerprint density at radius 2 is 2.12 bits per heavy atom. The summed E-state index contributed by atoms with van der Waals surface area (Å²) in [5, 5.41) is 2.77. The zero-order valence-electron chi connectivity index (χ0n) is 14.1. The molecule has 1 N–H and O–H groups in total. The molecule has 128 valence electrons. The SMILES string of the molecule is CC1=C(C(=O)OCC2CCCO2)C(c2ccccc2C)CC(=O)N1. The van der Waals surface area contributed by atoms with Gasteiger partial charge in [0.1, 0.15) is 6.61 Å².